The maximum absolute atomic E-state index is 9.04. The number of hydrogen-bond donors (Lipinski definition) is 0. The number of rotatable bonds is 2. The maximum Gasteiger partial charge on any atom is 0.0987 e. The summed E-state index contributed by atoms with van der Waals surface area (Å²) in [6.07, 6.45) is 3.58. The summed E-state index contributed by atoms with van der Waals surface area (Å²) in [6.45, 7) is 6.74. The molecule has 0 aromatic carbocycles. The number of hydrogen-bond acceptors (Lipinski definition) is 2. The van der Waals surface area contributed by atoms with E-state index in [4.69, 9.17) is 5.26 Å². The zero-order valence-electron chi connectivity index (χ0n) is 8.75. The van der Waals surface area contributed by atoms with Crippen molar-refractivity contribution in [3.8, 4) is 6.07 Å². The summed E-state index contributed by atoms with van der Waals surface area (Å²) < 4.78 is 0. The summed E-state index contributed by atoms with van der Waals surface area (Å²) >= 11 is 0. The summed E-state index contributed by atoms with van der Waals surface area (Å²) in [5.41, 5.74) is 0.219. The van der Waals surface area contributed by atoms with Gasteiger partial charge in [0.05, 0.1) is 12.1 Å². The molecule has 1 saturated carbocycles. The minimum Gasteiger partial charge on any atom is -0.280 e. The van der Waals surface area contributed by atoms with Crippen molar-refractivity contribution < 1.29 is 0 Å². The van der Waals surface area contributed by atoms with Crippen LogP contribution in [0.25, 0.3) is 0 Å². The second-order valence-corrected chi connectivity index (χ2v) is 5.02. The lowest BCUT2D eigenvalue weighted by Crippen LogP contribution is -2.48. The first kappa shape index (κ1) is 9.02. The van der Waals surface area contributed by atoms with E-state index in [1.165, 1.54) is 6.42 Å². The third-order valence-corrected chi connectivity index (χ3v) is 3.82. The Morgan fingerprint density at radius 3 is 2.69 bits per heavy atom. The van der Waals surface area contributed by atoms with Crippen LogP contribution < -0.4 is 0 Å². The molecule has 2 nitrogen and oxygen atoms in total. The van der Waals surface area contributed by atoms with E-state index >= 15 is 0 Å². The molecule has 0 bridgehead atoms. The predicted molar refractivity (Wildman–Crippen MR) is 52.1 cm³/mol. The zero-order valence-corrected chi connectivity index (χ0v) is 8.75. The SMILES string of the molecule is CCC(C)(C)N1C(C#N)CC2CC21. The number of likely N-dealkylation sites (tertiary alicyclic amines) is 1. The van der Waals surface area contributed by atoms with Gasteiger partial charge in [0.15, 0.2) is 0 Å². The predicted octanol–water partition coefficient (Wildman–Crippen LogP) is 2.16. The van der Waals surface area contributed by atoms with E-state index < -0.39 is 0 Å². The van der Waals surface area contributed by atoms with Gasteiger partial charge < -0.3 is 0 Å². The first-order chi connectivity index (χ1) is 6.10. The lowest BCUT2D eigenvalue weighted by atomic mass is 9.97. The molecule has 3 atom stereocenters. The molecule has 1 aliphatic heterocycles. The molecule has 0 aromatic rings. The normalized spacial score (nSPS) is 38.5. The maximum atomic E-state index is 9.04. The average molecular weight is 178 g/mol. The van der Waals surface area contributed by atoms with Gasteiger partial charge in [-0.25, -0.2) is 0 Å². The van der Waals surface area contributed by atoms with Crippen molar-refractivity contribution >= 4 is 0 Å². The second kappa shape index (κ2) is 2.72. The largest absolute Gasteiger partial charge is 0.280 e. The molecular formula is C11H18N2. The first-order valence-corrected chi connectivity index (χ1v) is 5.28. The third kappa shape index (κ3) is 1.26. The molecule has 2 rings (SSSR count). The van der Waals surface area contributed by atoms with E-state index in [1.54, 1.807) is 0 Å². The van der Waals surface area contributed by atoms with Crippen molar-refractivity contribution in [3.63, 3.8) is 0 Å². The molecule has 2 aliphatic rings. The van der Waals surface area contributed by atoms with Crippen molar-refractivity contribution in [1.82, 2.24) is 4.90 Å². The van der Waals surface area contributed by atoms with E-state index in [2.05, 4.69) is 31.7 Å². The number of nitrogens with zero attached hydrogens (tertiary/aromatic N) is 2. The molecule has 0 spiro atoms. The fourth-order valence-electron chi connectivity index (χ4n) is 2.63. The number of piperidine rings is 1. The van der Waals surface area contributed by atoms with Crippen LogP contribution in [-0.2, 0) is 0 Å². The molecule has 13 heavy (non-hydrogen) atoms. The second-order valence-electron chi connectivity index (χ2n) is 5.02. The van der Waals surface area contributed by atoms with Crippen molar-refractivity contribution in [2.45, 2.75) is 57.7 Å². The van der Waals surface area contributed by atoms with Gasteiger partial charge in [0.1, 0.15) is 0 Å². The zero-order chi connectivity index (χ0) is 9.64. The van der Waals surface area contributed by atoms with Gasteiger partial charge in [-0.05, 0) is 39.0 Å². The van der Waals surface area contributed by atoms with E-state index in [-0.39, 0.29) is 11.6 Å². The fraction of sp³-hybridized carbons (Fsp3) is 0.909. The van der Waals surface area contributed by atoms with Crippen LogP contribution >= 0.6 is 0 Å². The molecular weight excluding hydrogens is 160 g/mol. The van der Waals surface area contributed by atoms with Crippen molar-refractivity contribution in [3.05, 3.63) is 0 Å². The Balaban J connectivity index is 2.17. The molecule has 2 fully saturated rings. The van der Waals surface area contributed by atoms with Crippen LogP contribution in [0.15, 0.2) is 0 Å². The van der Waals surface area contributed by atoms with Gasteiger partial charge in [-0.1, -0.05) is 6.92 Å². The minimum atomic E-state index is 0.193. The summed E-state index contributed by atoms with van der Waals surface area (Å²) in [5.74, 6) is 0.843. The number of nitriles is 1. The third-order valence-electron chi connectivity index (χ3n) is 3.82. The Kier molecular flexibility index (Phi) is 1.89. The highest BCUT2D eigenvalue weighted by atomic mass is 15.3. The van der Waals surface area contributed by atoms with Crippen LogP contribution in [0, 0.1) is 17.2 Å². The van der Waals surface area contributed by atoms with Crippen molar-refractivity contribution in [2.75, 3.05) is 0 Å². The highest BCUT2D eigenvalue weighted by molar-refractivity contribution is 5.15. The van der Waals surface area contributed by atoms with Gasteiger partial charge in [-0.15, -0.1) is 0 Å². The Morgan fingerprint density at radius 1 is 1.46 bits per heavy atom. The molecule has 0 radical (unpaired) electrons. The standard InChI is InChI=1S/C11H18N2/c1-4-11(2,3)13-9(7-12)5-8-6-10(8)13/h8-10H,4-6H2,1-3H3. The fourth-order valence-corrected chi connectivity index (χ4v) is 2.63. The van der Waals surface area contributed by atoms with E-state index in [0.717, 1.165) is 24.8 Å². The van der Waals surface area contributed by atoms with Crippen LogP contribution in [-0.4, -0.2) is 22.5 Å². The van der Waals surface area contributed by atoms with Gasteiger partial charge in [-0.3, -0.25) is 4.90 Å². The molecule has 1 heterocycles. The Morgan fingerprint density at radius 2 is 2.15 bits per heavy atom. The van der Waals surface area contributed by atoms with E-state index in [0.29, 0.717) is 0 Å². The lowest BCUT2D eigenvalue weighted by molar-refractivity contribution is 0.100. The molecule has 1 saturated heterocycles. The van der Waals surface area contributed by atoms with Gasteiger partial charge in [0, 0.05) is 11.6 Å². The summed E-state index contributed by atoms with van der Waals surface area (Å²) in [5, 5.41) is 9.04. The topological polar surface area (TPSA) is 27.0 Å². The first-order valence-electron chi connectivity index (χ1n) is 5.28. The van der Waals surface area contributed by atoms with Crippen molar-refractivity contribution in [1.29, 1.82) is 5.26 Å². The van der Waals surface area contributed by atoms with Crippen LogP contribution in [0.5, 0.6) is 0 Å². The Hall–Kier alpha value is -0.550. The van der Waals surface area contributed by atoms with Gasteiger partial charge >= 0.3 is 0 Å². The molecule has 2 heteroatoms. The van der Waals surface area contributed by atoms with Crippen LogP contribution in [0.2, 0.25) is 0 Å². The molecule has 3 unspecified atom stereocenters. The van der Waals surface area contributed by atoms with Gasteiger partial charge in [0.25, 0.3) is 0 Å². The highest BCUT2D eigenvalue weighted by Gasteiger charge is 2.55. The Labute approximate surface area is 80.5 Å². The Bertz CT molecular complexity index is 251. The van der Waals surface area contributed by atoms with Gasteiger partial charge in [0.2, 0.25) is 0 Å². The highest BCUT2D eigenvalue weighted by Crippen LogP contribution is 2.51. The molecule has 0 N–H and O–H groups in total. The lowest BCUT2D eigenvalue weighted by Gasteiger charge is -2.38. The smallest absolute Gasteiger partial charge is 0.0987 e. The monoisotopic (exact) mass is 178 g/mol. The molecule has 1 aliphatic carbocycles. The summed E-state index contributed by atoms with van der Waals surface area (Å²) in [7, 11) is 0. The van der Waals surface area contributed by atoms with Crippen LogP contribution in [0.4, 0.5) is 0 Å². The number of fused-ring (bicyclic) bond motifs is 1. The summed E-state index contributed by atoms with van der Waals surface area (Å²) in [6, 6.07) is 3.37. The molecule has 72 valence electrons. The van der Waals surface area contributed by atoms with E-state index in [1.807, 2.05) is 0 Å². The minimum absolute atomic E-state index is 0.193. The average Bonchev–Trinajstić information content (AvgIpc) is 2.76. The van der Waals surface area contributed by atoms with E-state index in [9.17, 15) is 0 Å². The van der Waals surface area contributed by atoms with Crippen molar-refractivity contribution in [2.24, 2.45) is 5.92 Å². The molecule has 0 aromatic heterocycles. The van der Waals surface area contributed by atoms with Gasteiger partial charge in [-0.2, -0.15) is 5.26 Å². The summed E-state index contributed by atoms with van der Waals surface area (Å²) in [4.78, 5) is 2.46. The van der Waals surface area contributed by atoms with Crippen LogP contribution in [0.1, 0.15) is 40.0 Å². The van der Waals surface area contributed by atoms with Crippen LogP contribution in [0.3, 0.4) is 0 Å². The quantitative estimate of drug-likeness (QED) is 0.648. The molecule has 0 amide bonds.